The second kappa shape index (κ2) is 5.70. The Morgan fingerprint density at radius 2 is 2.17 bits per heavy atom. The van der Waals surface area contributed by atoms with Crippen LogP contribution in [0.2, 0.25) is 0 Å². The molecule has 0 aromatic rings. The molecule has 0 amide bonds. The standard InChI is InChI=1S/C15H27NO2/c1-11(2)8-13(10-16)14(17)12-4-7-18-15(9-12)5-3-6-15/h11-13H,3-10,16H2,1-2H3. The Hall–Kier alpha value is -0.410. The molecule has 0 bridgehead atoms. The first-order chi connectivity index (χ1) is 8.56. The molecule has 2 rings (SSSR count). The van der Waals surface area contributed by atoms with Gasteiger partial charge in [0.25, 0.3) is 0 Å². The summed E-state index contributed by atoms with van der Waals surface area (Å²) in [5.41, 5.74) is 5.86. The van der Waals surface area contributed by atoms with Crippen LogP contribution in [-0.4, -0.2) is 24.5 Å². The largest absolute Gasteiger partial charge is 0.375 e. The predicted molar refractivity (Wildman–Crippen MR) is 72.3 cm³/mol. The Kier molecular flexibility index (Phi) is 4.44. The Balaban J connectivity index is 1.94. The minimum Gasteiger partial charge on any atom is -0.375 e. The van der Waals surface area contributed by atoms with Crippen molar-refractivity contribution in [2.75, 3.05) is 13.2 Å². The van der Waals surface area contributed by atoms with Crippen molar-refractivity contribution in [1.82, 2.24) is 0 Å². The first kappa shape index (κ1) is 14.0. The molecule has 2 aliphatic rings. The van der Waals surface area contributed by atoms with Gasteiger partial charge in [0.1, 0.15) is 5.78 Å². The highest BCUT2D eigenvalue weighted by Gasteiger charge is 2.45. The SMILES string of the molecule is CC(C)CC(CN)C(=O)C1CCOC2(CCC2)C1. The molecule has 2 unspecified atom stereocenters. The van der Waals surface area contributed by atoms with Crippen LogP contribution in [0.1, 0.15) is 52.4 Å². The fraction of sp³-hybridized carbons (Fsp3) is 0.933. The molecule has 2 N–H and O–H groups in total. The smallest absolute Gasteiger partial charge is 0.140 e. The molecule has 1 saturated heterocycles. The lowest BCUT2D eigenvalue weighted by atomic mass is 9.69. The zero-order valence-corrected chi connectivity index (χ0v) is 11.8. The number of carbonyl (C=O) groups excluding carboxylic acids is 1. The van der Waals surface area contributed by atoms with E-state index in [0.717, 1.165) is 38.7 Å². The van der Waals surface area contributed by atoms with Gasteiger partial charge in [-0.15, -0.1) is 0 Å². The molecule has 0 radical (unpaired) electrons. The van der Waals surface area contributed by atoms with Gasteiger partial charge >= 0.3 is 0 Å². The van der Waals surface area contributed by atoms with Gasteiger partial charge in [-0.25, -0.2) is 0 Å². The predicted octanol–water partition coefficient (Wildman–Crippen LogP) is 2.53. The number of hydrogen-bond acceptors (Lipinski definition) is 3. The molecule has 1 aliphatic heterocycles. The number of nitrogens with two attached hydrogens (primary N) is 1. The molecule has 1 heterocycles. The molecule has 2 fully saturated rings. The van der Waals surface area contributed by atoms with Crippen molar-refractivity contribution in [2.24, 2.45) is 23.5 Å². The summed E-state index contributed by atoms with van der Waals surface area (Å²) in [5, 5.41) is 0. The maximum atomic E-state index is 12.6. The van der Waals surface area contributed by atoms with E-state index in [2.05, 4.69) is 13.8 Å². The fourth-order valence-electron chi connectivity index (χ4n) is 3.42. The second-order valence-electron chi connectivity index (χ2n) is 6.54. The number of Topliss-reactive ketones (excluding diaryl/α,β-unsaturated/α-hetero) is 1. The summed E-state index contributed by atoms with van der Waals surface area (Å²) in [5.74, 6) is 1.21. The summed E-state index contributed by atoms with van der Waals surface area (Å²) >= 11 is 0. The van der Waals surface area contributed by atoms with Crippen LogP contribution < -0.4 is 5.73 Å². The van der Waals surface area contributed by atoms with Crippen LogP contribution in [0.5, 0.6) is 0 Å². The van der Waals surface area contributed by atoms with Crippen LogP contribution in [0, 0.1) is 17.8 Å². The lowest BCUT2D eigenvalue weighted by molar-refractivity contribution is -0.157. The Morgan fingerprint density at radius 3 is 2.67 bits per heavy atom. The van der Waals surface area contributed by atoms with E-state index in [9.17, 15) is 4.79 Å². The van der Waals surface area contributed by atoms with Gasteiger partial charge in [0.05, 0.1) is 5.60 Å². The molecule has 2 atom stereocenters. The summed E-state index contributed by atoms with van der Waals surface area (Å²) in [6.07, 6.45) is 6.32. The van der Waals surface area contributed by atoms with Gasteiger partial charge in [-0.2, -0.15) is 0 Å². The average Bonchev–Trinajstić information content (AvgIpc) is 2.33. The first-order valence-electron chi connectivity index (χ1n) is 7.44. The van der Waals surface area contributed by atoms with Crippen molar-refractivity contribution in [2.45, 2.75) is 58.0 Å². The van der Waals surface area contributed by atoms with Crippen LogP contribution in [0.25, 0.3) is 0 Å². The van der Waals surface area contributed by atoms with Crippen LogP contribution in [-0.2, 0) is 9.53 Å². The number of ether oxygens (including phenoxy) is 1. The van der Waals surface area contributed by atoms with E-state index in [0.29, 0.717) is 18.2 Å². The van der Waals surface area contributed by atoms with Gasteiger partial charge in [-0.05, 0) is 44.4 Å². The van der Waals surface area contributed by atoms with Crippen molar-refractivity contribution < 1.29 is 9.53 Å². The third-order valence-electron chi connectivity index (χ3n) is 4.60. The van der Waals surface area contributed by atoms with E-state index < -0.39 is 0 Å². The van der Waals surface area contributed by atoms with Crippen molar-refractivity contribution in [3.8, 4) is 0 Å². The van der Waals surface area contributed by atoms with E-state index in [-0.39, 0.29) is 17.4 Å². The van der Waals surface area contributed by atoms with Crippen LogP contribution in [0.3, 0.4) is 0 Å². The zero-order chi connectivity index (χ0) is 13.2. The molecule has 1 spiro atoms. The van der Waals surface area contributed by atoms with Gasteiger partial charge in [0, 0.05) is 25.0 Å². The van der Waals surface area contributed by atoms with E-state index in [4.69, 9.17) is 10.5 Å². The lowest BCUT2D eigenvalue weighted by Gasteiger charge is -2.47. The lowest BCUT2D eigenvalue weighted by Crippen LogP contribution is -2.48. The van der Waals surface area contributed by atoms with Crippen molar-refractivity contribution in [3.63, 3.8) is 0 Å². The van der Waals surface area contributed by atoms with Crippen LogP contribution in [0.15, 0.2) is 0 Å². The molecule has 1 saturated carbocycles. The average molecular weight is 253 g/mol. The number of hydrogen-bond donors (Lipinski definition) is 1. The maximum absolute atomic E-state index is 12.6. The first-order valence-corrected chi connectivity index (χ1v) is 7.44. The highest BCUT2D eigenvalue weighted by Crippen LogP contribution is 2.45. The van der Waals surface area contributed by atoms with Crippen LogP contribution >= 0.6 is 0 Å². The maximum Gasteiger partial charge on any atom is 0.140 e. The van der Waals surface area contributed by atoms with Crippen molar-refractivity contribution in [3.05, 3.63) is 0 Å². The van der Waals surface area contributed by atoms with Gasteiger partial charge in [-0.3, -0.25) is 4.79 Å². The normalized spacial score (nSPS) is 28.1. The summed E-state index contributed by atoms with van der Waals surface area (Å²) < 4.78 is 5.89. The van der Waals surface area contributed by atoms with E-state index in [1.807, 2.05) is 0 Å². The Morgan fingerprint density at radius 1 is 1.44 bits per heavy atom. The minimum atomic E-state index is 0.0604. The number of carbonyl (C=O) groups is 1. The molecular weight excluding hydrogens is 226 g/mol. The molecule has 104 valence electrons. The highest BCUT2D eigenvalue weighted by molar-refractivity contribution is 5.83. The molecule has 3 heteroatoms. The topological polar surface area (TPSA) is 52.3 Å². The molecule has 18 heavy (non-hydrogen) atoms. The van der Waals surface area contributed by atoms with Gasteiger partial charge < -0.3 is 10.5 Å². The van der Waals surface area contributed by atoms with E-state index >= 15 is 0 Å². The summed E-state index contributed by atoms with van der Waals surface area (Å²) in [4.78, 5) is 12.6. The Labute approximate surface area is 110 Å². The highest BCUT2D eigenvalue weighted by atomic mass is 16.5. The third kappa shape index (κ3) is 2.94. The second-order valence-corrected chi connectivity index (χ2v) is 6.54. The molecular formula is C15H27NO2. The van der Waals surface area contributed by atoms with Crippen molar-refractivity contribution in [1.29, 1.82) is 0 Å². The number of rotatable bonds is 5. The zero-order valence-electron chi connectivity index (χ0n) is 11.8. The quantitative estimate of drug-likeness (QED) is 0.819. The van der Waals surface area contributed by atoms with Gasteiger partial charge in [-0.1, -0.05) is 13.8 Å². The van der Waals surface area contributed by atoms with E-state index in [1.54, 1.807) is 0 Å². The molecule has 0 aromatic carbocycles. The van der Waals surface area contributed by atoms with Gasteiger partial charge in [0.15, 0.2) is 0 Å². The minimum absolute atomic E-state index is 0.0604. The van der Waals surface area contributed by atoms with Crippen molar-refractivity contribution >= 4 is 5.78 Å². The number of ketones is 1. The molecule has 0 aromatic heterocycles. The van der Waals surface area contributed by atoms with Crippen LogP contribution in [0.4, 0.5) is 0 Å². The van der Waals surface area contributed by atoms with Gasteiger partial charge in [0.2, 0.25) is 0 Å². The third-order valence-corrected chi connectivity index (χ3v) is 4.60. The summed E-state index contributed by atoms with van der Waals surface area (Å²) in [6.45, 7) is 5.58. The molecule has 1 aliphatic carbocycles. The van der Waals surface area contributed by atoms with E-state index in [1.165, 1.54) is 6.42 Å². The fourth-order valence-corrected chi connectivity index (χ4v) is 3.42. The summed E-state index contributed by atoms with van der Waals surface area (Å²) in [7, 11) is 0. The summed E-state index contributed by atoms with van der Waals surface area (Å²) in [6, 6.07) is 0. The Bertz CT molecular complexity index is 297. The monoisotopic (exact) mass is 253 g/mol. The molecule has 3 nitrogen and oxygen atoms in total.